The van der Waals surface area contributed by atoms with Gasteiger partial charge in [-0.2, -0.15) is 0 Å². The minimum atomic E-state index is -0.138. The normalized spacial score (nSPS) is 18.3. The number of fused-ring (bicyclic) bond motifs is 2. The third-order valence-electron chi connectivity index (χ3n) is 6.15. The summed E-state index contributed by atoms with van der Waals surface area (Å²) < 4.78 is 21.7. The van der Waals surface area contributed by atoms with Crippen LogP contribution in [0.5, 0.6) is 5.75 Å². The maximum Gasteiger partial charge on any atom is 0.137 e. The molecule has 2 aliphatic heterocycles. The molecule has 0 radical (unpaired) electrons. The van der Waals surface area contributed by atoms with E-state index in [1.54, 1.807) is 6.20 Å². The minimum Gasteiger partial charge on any atom is -0.487 e. The lowest BCUT2D eigenvalue weighted by Gasteiger charge is -2.41. The third kappa shape index (κ3) is 2.79. The summed E-state index contributed by atoms with van der Waals surface area (Å²) in [6.45, 7) is 3.94. The molecule has 0 saturated carbocycles. The van der Waals surface area contributed by atoms with Crippen molar-refractivity contribution in [2.45, 2.75) is 38.2 Å². The number of ether oxygens (including phenoxy) is 1. The fraction of sp³-hybridized carbons (Fsp3) is 0.348. The molecule has 0 atom stereocenters. The molecular formula is C23H23FN2O. The molecule has 1 spiro atoms. The van der Waals surface area contributed by atoms with Crippen LogP contribution in [0.3, 0.4) is 0 Å². The average molecular weight is 362 g/mol. The van der Waals surface area contributed by atoms with Gasteiger partial charge in [0.25, 0.3) is 0 Å². The number of hydrogen-bond acceptors (Lipinski definition) is 3. The van der Waals surface area contributed by atoms with Crippen molar-refractivity contribution in [3.63, 3.8) is 0 Å². The predicted molar refractivity (Wildman–Crippen MR) is 106 cm³/mol. The monoisotopic (exact) mass is 362 g/mol. The summed E-state index contributed by atoms with van der Waals surface area (Å²) in [5.74, 6) is 0.589. The molecule has 1 fully saturated rings. The highest BCUT2D eigenvalue weighted by Gasteiger charge is 2.38. The zero-order valence-electron chi connectivity index (χ0n) is 15.5. The summed E-state index contributed by atoms with van der Waals surface area (Å²) in [6.07, 6.45) is 5.43. The van der Waals surface area contributed by atoms with E-state index in [1.165, 1.54) is 0 Å². The number of aryl methyl sites for hydroxylation is 1. The van der Waals surface area contributed by atoms with E-state index in [0.29, 0.717) is 5.56 Å². The first-order valence-electron chi connectivity index (χ1n) is 9.72. The molecule has 1 aromatic heterocycles. The molecule has 0 aliphatic carbocycles. The van der Waals surface area contributed by atoms with Crippen molar-refractivity contribution in [3.8, 4) is 16.9 Å². The number of benzene rings is 2. The largest absolute Gasteiger partial charge is 0.487 e. The van der Waals surface area contributed by atoms with E-state index < -0.39 is 0 Å². The second-order valence-corrected chi connectivity index (χ2v) is 7.77. The van der Waals surface area contributed by atoms with Crippen molar-refractivity contribution in [1.29, 1.82) is 0 Å². The van der Waals surface area contributed by atoms with Crippen molar-refractivity contribution in [2.75, 3.05) is 13.1 Å². The van der Waals surface area contributed by atoms with Crippen LogP contribution < -0.4 is 10.1 Å². The standard InChI is InChI=1S/C23H23FN2O/c1-15-18-3-2-16(14-17(18)7-11-26-15)19-4-5-21-20(22(19)24)6-8-23(27-21)9-12-25-13-10-23/h2-5,7,11,14,25H,6,8-10,12-13H2,1H3. The fourth-order valence-electron chi connectivity index (χ4n) is 4.52. The van der Waals surface area contributed by atoms with Crippen LogP contribution in [0, 0.1) is 12.7 Å². The van der Waals surface area contributed by atoms with Gasteiger partial charge in [-0.25, -0.2) is 4.39 Å². The van der Waals surface area contributed by atoms with Gasteiger partial charge >= 0.3 is 0 Å². The highest BCUT2D eigenvalue weighted by molar-refractivity contribution is 5.88. The summed E-state index contributed by atoms with van der Waals surface area (Å²) in [7, 11) is 0. The van der Waals surface area contributed by atoms with E-state index >= 15 is 4.39 Å². The fourth-order valence-corrected chi connectivity index (χ4v) is 4.52. The number of piperidine rings is 1. The number of pyridine rings is 1. The van der Waals surface area contributed by atoms with Gasteiger partial charge in [-0.3, -0.25) is 4.98 Å². The molecule has 2 aromatic carbocycles. The van der Waals surface area contributed by atoms with Gasteiger partial charge in [0.2, 0.25) is 0 Å². The lowest BCUT2D eigenvalue weighted by atomic mass is 9.83. The molecule has 2 aliphatic rings. The van der Waals surface area contributed by atoms with Gasteiger partial charge in [0.15, 0.2) is 0 Å². The Bertz CT molecular complexity index is 1020. The summed E-state index contributed by atoms with van der Waals surface area (Å²) in [5.41, 5.74) is 3.15. The van der Waals surface area contributed by atoms with Crippen LogP contribution in [0.15, 0.2) is 42.6 Å². The van der Waals surface area contributed by atoms with E-state index in [4.69, 9.17) is 4.74 Å². The number of hydrogen-bond donors (Lipinski definition) is 1. The Hall–Kier alpha value is -2.46. The van der Waals surface area contributed by atoms with Crippen LogP contribution in [0.1, 0.15) is 30.5 Å². The predicted octanol–water partition coefficient (Wildman–Crippen LogP) is 4.80. The van der Waals surface area contributed by atoms with E-state index in [2.05, 4.69) is 10.3 Å². The lowest BCUT2D eigenvalue weighted by Crippen LogP contribution is -2.48. The number of halogens is 1. The Labute approximate surface area is 158 Å². The zero-order chi connectivity index (χ0) is 18.4. The Morgan fingerprint density at radius 1 is 1.07 bits per heavy atom. The van der Waals surface area contributed by atoms with Crippen LogP contribution in [-0.4, -0.2) is 23.7 Å². The van der Waals surface area contributed by atoms with Gasteiger partial charge in [0, 0.05) is 28.4 Å². The molecule has 5 rings (SSSR count). The Morgan fingerprint density at radius 2 is 1.93 bits per heavy atom. The highest BCUT2D eigenvalue weighted by atomic mass is 19.1. The Balaban J connectivity index is 1.54. The third-order valence-corrected chi connectivity index (χ3v) is 6.15. The van der Waals surface area contributed by atoms with Gasteiger partial charge in [0.05, 0.1) is 0 Å². The lowest BCUT2D eigenvalue weighted by molar-refractivity contribution is 0.0161. The second-order valence-electron chi connectivity index (χ2n) is 7.77. The maximum absolute atomic E-state index is 15.4. The number of aromatic nitrogens is 1. The molecule has 4 heteroatoms. The van der Waals surface area contributed by atoms with E-state index in [9.17, 15) is 0 Å². The van der Waals surface area contributed by atoms with Gasteiger partial charge < -0.3 is 10.1 Å². The quantitative estimate of drug-likeness (QED) is 0.675. The van der Waals surface area contributed by atoms with Crippen LogP contribution in [0.25, 0.3) is 21.9 Å². The van der Waals surface area contributed by atoms with Gasteiger partial charge in [-0.05, 0) is 80.9 Å². The zero-order valence-corrected chi connectivity index (χ0v) is 15.5. The second kappa shape index (κ2) is 6.31. The number of nitrogens with one attached hydrogen (secondary N) is 1. The molecule has 0 bridgehead atoms. The number of nitrogens with zero attached hydrogens (tertiary/aromatic N) is 1. The summed E-state index contributed by atoms with van der Waals surface area (Å²) in [4.78, 5) is 4.33. The van der Waals surface area contributed by atoms with Crippen molar-refractivity contribution in [2.24, 2.45) is 0 Å². The topological polar surface area (TPSA) is 34.2 Å². The minimum absolute atomic E-state index is 0.111. The van der Waals surface area contributed by atoms with Crippen molar-refractivity contribution in [1.82, 2.24) is 10.3 Å². The molecular weight excluding hydrogens is 339 g/mol. The van der Waals surface area contributed by atoms with Crippen LogP contribution >= 0.6 is 0 Å². The van der Waals surface area contributed by atoms with Gasteiger partial charge in [0.1, 0.15) is 17.2 Å². The van der Waals surface area contributed by atoms with Crippen molar-refractivity contribution in [3.05, 3.63) is 59.7 Å². The molecule has 1 saturated heterocycles. The van der Waals surface area contributed by atoms with Crippen LogP contribution in [0.4, 0.5) is 4.39 Å². The number of rotatable bonds is 1. The Morgan fingerprint density at radius 3 is 2.78 bits per heavy atom. The summed E-state index contributed by atoms with van der Waals surface area (Å²) >= 11 is 0. The van der Waals surface area contributed by atoms with Crippen molar-refractivity contribution >= 4 is 10.8 Å². The molecule has 0 unspecified atom stereocenters. The average Bonchev–Trinajstić information content (AvgIpc) is 2.69. The molecule has 3 aromatic rings. The smallest absolute Gasteiger partial charge is 0.137 e. The summed E-state index contributed by atoms with van der Waals surface area (Å²) in [5, 5.41) is 5.57. The first-order valence-corrected chi connectivity index (χ1v) is 9.72. The first kappa shape index (κ1) is 16.7. The molecule has 3 heterocycles. The van der Waals surface area contributed by atoms with E-state index in [-0.39, 0.29) is 11.4 Å². The van der Waals surface area contributed by atoms with Crippen LogP contribution in [0.2, 0.25) is 0 Å². The molecule has 3 nitrogen and oxygen atoms in total. The SMILES string of the molecule is Cc1nccc2cc(-c3ccc4c(c3F)CCC3(CCNCC3)O4)ccc12. The van der Waals surface area contributed by atoms with Crippen molar-refractivity contribution < 1.29 is 9.13 Å². The van der Waals surface area contributed by atoms with Gasteiger partial charge in [-0.15, -0.1) is 0 Å². The van der Waals surface area contributed by atoms with Crippen LogP contribution in [-0.2, 0) is 6.42 Å². The highest BCUT2D eigenvalue weighted by Crippen LogP contribution is 2.41. The maximum atomic E-state index is 15.4. The van der Waals surface area contributed by atoms with Gasteiger partial charge in [-0.1, -0.05) is 12.1 Å². The molecule has 0 amide bonds. The Kier molecular flexibility index (Phi) is 3.90. The molecule has 138 valence electrons. The van der Waals surface area contributed by atoms with E-state index in [0.717, 1.165) is 72.1 Å². The first-order chi connectivity index (χ1) is 13.2. The van der Waals surface area contributed by atoms with E-state index in [1.807, 2.05) is 43.3 Å². The summed E-state index contributed by atoms with van der Waals surface area (Å²) in [6, 6.07) is 11.9. The molecule has 27 heavy (non-hydrogen) atoms. The molecule has 1 N–H and O–H groups in total.